The van der Waals surface area contributed by atoms with E-state index in [0.29, 0.717) is 24.8 Å². The molecule has 0 radical (unpaired) electrons. The molecule has 5 nitrogen and oxygen atoms in total. The molecule has 1 saturated heterocycles. The van der Waals surface area contributed by atoms with Crippen LogP contribution in [0.5, 0.6) is 0 Å². The number of anilines is 2. The Morgan fingerprint density at radius 3 is 2.55 bits per heavy atom. The van der Waals surface area contributed by atoms with Gasteiger partial charge in [0.1, 0.15) is 6.04 Å². The molecule has 1 atom stereocenters. The molecule has 0 aliphatic carbocycles. The highest BCUT2D eigenvalue weighted by Crippen LogP contribution is 2.36. The summed E-state index contributed by atoms with van der Waals surface area (Å²) in [6, 6.07) is 9.37. The smallest absolute Gasteiger partial charge is 0.249 e. The van der Waals surface area contributed by atoms with Crippen molar-refractivity contribution in [3.05, 3.63) is 48.0 Å². The summed E-state index contributed by atoms with van der Waals surface area (Å²) in [5.41, 5.74) is 1.35. The second-order valence-electron chi connectivity index (χ2n) is 7.32. The summed E-state index contributed by atoms with van der Waals surface area (Å²) in [7, 11) is 3.66. The molecule has 1 aliphatic rings. The van der Waals surface area contributed by atoms with Crippen molar-refractivity contribution in [1.29, 1.82) is 0 Å². The summed E-state index contributed by atoms with van der Waals surface area (Å²) >= 11 is 0. The Kier molecular flexibility index (Phi) is 6.15. The molecule has 1 unspecified atom stereocenters. The van der Waals surface area contributed by atoms with Gasteiger partial charge in [-0.15, -0.1) is 0 Å². The fourth-order valence-corrected chi connectivity index (χ4v) is 3.59. The Morgan fingerprint density at radius 2 is 1.86 bits per heavy atom. The van der Waals surface area contributed by atoms with Crippen LogP contribution in [0.15, 0.2) is 36.4 Å². The van der Waals surface area contributed by atoms with Crippen LogP contribution in [-0.2, 0) is 9.59 Å². The molecule has 1 heterocycles. The van der Waals surface area contributed by atoms with E-state index in [4.69, 9.17) is 0 Å². The number of halogens is 2. The van der Waals surface area contributed by atoms with Gasteiger partial charge in [0.25, 0.3) is 0 Å². The Balaban J connectivity index is 1.90. The van der Waals surface area contributed by atoms with E-state index >= 15 is 0 Å². The average molecular weight is 401 g/mol. The number of hydrogen-bond donors (Lipinski definition) is 1. The third-order valence-electron chi connectivity index (χ3n) is 5.05. The van der Waals surface area contributed by atoms with Crippen LogP contribution in [0.2, 0.25) is 0 Å². The van der Waals surface area contributed by atoms with E-state index in [9.17, 15) is 18.4 Å². The summed E-state index contributed by atoms with van der Waals surface area (Å²) in [5.74, 6) is -2.70. The molecule has 154 valence electrons. The summed E-state index contributed by atoms with van der Waals surface area (Å²) in [5, 5.41) is 2.67. The molecular weight excluding hydrogens is 376 g/mol. The highest BCUT2D eigenvalue weighted by molar-refractivity contribution is 6.01. The van der Waals surface area contributed by atoms with Crippen molar-refractivity contribution < 1.29 is 18.4 Å². The third-order valence-corrected chi connectivity index (χ3v) is 5.05. The van der Waals surface area contributed by atoms with E-state index in [1.54, 1.807) is 12.1 Å². The van der Waals surface area contributed by atoms with E-state index in [0.717, 1.165) is 5.69 Å². The summed E-state index contributed by atoms with van der Waals surface area (Å²) in [6.07, 6.45) is 1.36. The molecule has 3 rings (SSSR count). The zero-order valence-electron chi connectivity index (χ0n) is 16.8. The molecule has 2 aromatic carbocycles. The Labute approximate surface area is 169 Å². The van der Waals surface area contributed by atoms with Gasteiger partial charge in [-0.25, -0.2) is 8.78 Å². The van der Waals surface area contributed by atoms with Gasteiger partial charge >= 0.3 is 0 Å². The minimum atomic E-state index is -1.06. The Hall–Kier alpha value is -2.96. The van der Waals surface area contributed by atoms with Gasteiger partial charge < -0.3 is 15.1 Å². The number of carbonyl (C=O) groups is 2. The molecule has 0 aromatic heterocycles. The van der Waals surface area contributed by atoms with Crippen LogP contribution < -0.4 is 15.1 Å². The maximum atomic E-state index is 15.0. The first kappa shape index (κ1) is 20.8. The fraction of sp³-hybridized carbons (Fsp3) is 0.364. The topological polar surface area (TPSA) is 52.7 Å². The first-order valence-electron chi connectivity index (χ1n) is 9.70. The molecule has 0 saturated carbocycles. The standard InChI is InChI=1S/C22H25F2N3O2/c1-4-7-19(28)25-16-12-13-27(22(16)29)18-11-10-15(20(23)21(18)24)14-8-5-6-9-17(14)26(2)3/h5-6,8-11,16H,4,7,12-13H2,1-3H3,(H,25,28). The number of carbonyl (C=O) groups excluding carboxylic acids is 2. The molecule has 2 amide bonds. The van der Waals surface area contributed by atoms with Gasteiger partial charge in [-0.1, -0.05) is 25.1 Å². The minimum absolute atomic E-state index is 0.106. The van der Waals surface area contributed by atoms with Gasteiger partial charge in [-0.2, -0.15) is 0 Å². The van der Waals surface area contributed by atoms with Crippen molar-refractivity contribution in [3.8, 4) is 11.1 Å². The van der Waals surface area contributed by atoms with Crippen LogP contribution in [0.25, 0.3) is 11.1 Å². The van der Waals surface area contributed by atoms with Gasteiger partial charge in [0, 0.05) is 43.9 Å². The summed E-state index contributed by atoms with van der Waals surface area (Å²) < 4.78 is 29.9. The van der Waals surface area contributed by atoms with Crippen LogP contribution in [0.4, 0.5) is 20.2 Å². The van der Waals surface area contributed by atoms with Crippen LogP contribution in [0.1, 0.15) is 26.2 Å². The van der Waals surface area contributed by atoms with Crippen molar-refractivity contribution in [1.82, 2.24) is 5.32 Å². The monoisotopic (exact) mass is 401 g/mol. The SMILES string of the molecule is CCCC(=O)NC1CCN(c2ccc(-c3ccccc3N(C)C)c(F)c2F)C1=O. The lowest BCUT2D eigenvalue weighted by Crippen LogP contribution is -2.41. The molecule has 1 aliphatic heterocycles. The van der Waals surface area contributed by atoms with Gasteiger partial charge in [0.2, 0.25) is 11.8 Å². The van der Waals surface area contributed by atoms with Crippen molar-refractivity contribution >= 4 is 23.2 Å². The predicted molar refractivity (Wildman–Crippen MR) is 110 cm³/mol. The van der Waals surface area contributed by atoms with E-state index in [1.165, 1.54) is 17.0 Å². The molecule has 1 fully saturated rings. The summed E-state index contributed by atoms with van der Waals surface area (Å²) in [4.78, 5) is 27.4. The van der Waals surface area contributed by atoms with Crippen molar-refractivity contribution in [2.24, 2.45) is 0 Å². The first-order chi connectivity index (χ1) is 13.8. The van der Waals surface area contributed by atoms with Gasteiger partial charge in [0.05, 0.1) is 5.69 Å². The number of rotatable bonds is 6. The van der Waals surface area contributed by atoms with E-state index < -0.39 is 23.6 Å². The zero-order valence-corrected chi connectivity index (χ0v) is 16.8. The van der Waals surface area contributed by atoms with Crippen molar-refractivity contribution in [2.75, 3.05) is 30.4 Å². The van der Waals surface area contributed by atoms with Crippen LogP contribution in [-0.4, -0.2) is 38.5 Å². The van der Waals surface area contributed by atoms with Crippen LogP contribution in [0, 0.1) is 11.6 Å². The van der Waals surface area contributed by atoms with E-state index in [2.05, 4.69) is 5.32 Å². The first-order valence-corrected chi connectivity index (χ1v) is 9.70. The zero-order chi connectivity index (χ0) is 21.1. The molecule has 2 aromatic rings. The molecular formula is C22H25F2N3O2. The second-order valence-corrected chi connectivity index (χ2v) is 7.32. The largest absolute Gasteiger partial charge is 0.377 e. The quantitative estimate of drug-likeness (QED) is 0.803. The summed E-state index contributed by atoms with van der Waals surface area (Å²) in [6.45, 7) is 2.09. The normalized spacial score (nSPS) is 16.2. The van der Waals surface area contributed by atoms with Crippen LogP contribution >= 0.6 is 0 Å². The Bertz CT molecular complexity index is 930. The molecule has 1 N–H and O–H groups in total. The van der Waals surface area contributed by atoms with E-state index in [-0.39, 0.29) is 23.7 Å². The number of nitrogens with one attached hydrogen (secondary N) is 1. The van der Waals surface area contributed by atoms with E-state index in [1.807, 2.05) is 38.1 Å². The van der Waals surface area contributed by atoms with Crippen molar-refractivity contribution in [2.45, 2.75) is 32.2 Å². The lowest BCUT2D eigenvalue weighted by Gasteiger charge is -2.21. The van der Waals surface area contributed by atoms with Gasteiger partial charge in [0.15, 0.2) is 11.6 Å². The number of amides is 2. The van der Waals surface area contributed by atoms with Crippen molar-refractivity contribution in [3.63, 3.8) is 0 Å². The average Bonchev–Trinajstić information content (AvgIpc) is 3.04. The highest BCUT2D eigenvalue weighted by Gasteiger charge is 2.35. The third kappa shape index (κ3) is 4.09. The van der Waals surface area contributed by atoms with Gasteiger partial charge in [-0.3, -0.25) is 9.59 Å². The molecule has 29 heavy (non-hydrogen) atoms. The predicted octanol–water partition coefficient (Wildman–Crippen LogP) is 3.72. The highest BCUT2D eigenvalue weighted by atomic mass is 19.2. The van der Waals surface area contributed by atoms with Gasteiger partial charge in [-0.05, 0) is 31.0 Å². The molecule has 0 bridgehead atoms. The lowest BCUT2D eigenvalue weighted by atomic mass is 10.0. The van der Waals surface area contributed by atoms with Crippen LogP contribution in [0.3, 0.4) is 0 Å². The second kappa shape index (κ2) is 8.59. The number of hydrogen-bond acceptors (Lipinski definition) is 3. The number of para-hydroxylation sites is 1. The fourth-order valence-electron chi connectivity index (χ4n) is 3.59. The minimum Gasteiger partial charge on any atom is -0.377 e. The lowest BCUT2D eigenvalue weighted by molar-refractivity contribution is -0.126. The maximum absolute atomic E-state index is 15.0. The Morgan fingerprint density at radius 1 is 1.14 bits per heavy atom. The molecule has 0 spiro atoms. The number of nitrogens with zero attached hydrogens (tertiary/aromatic N) is 2. The molecule has 7 heteroatoms. The number of benzene rings is 2. The maximum Gasteiger partial charge on any atom is 0.249 e.